The number of Topliss-reactive ketones (excluding diaryl/α,β-unsaturated/α-hetero) is 1. The number of cyclic esters (lactones) is 1. The van der Waals surface area contributed by atoms with E-state index in [0.717, 1.165) is 12.8 Å². The zero-order chi connectivity index (χ0) is 11.4. The molecule has 0 aromatic rings. The summed E-state index contributed by atoms with van der Waals surface area (Å²) in [7, 11) is 0. The van der Waals surface area contributed by atoms with Crippen LogP contribution in [0.25, 0.3) is 0 Å². The molecule has 3 heteroatoms. The lowest BCUT2D eigenvalue weighted by atomic mass is 9.88. The lowest BCUT2D eigenvalue weighted by molar-refractivity contribution is -0.140. The maximum absolute atomic E-state index is 11.2. The number of rotatable bonds is 5. The van der Waals surface area contributed by atoms with Gasteiger partial charge in [-0.25, -0.2) is 4.79 Å². The Hall–Kier alpha value is -1.38. The fraction of sp³-hybridized carbons (Fsp3) is 0.500. The molecule has 1 rings (SSSR count). The number of hydrogen-bond donors (Lipinski definition) is 0. The van der Waals surface area contributed by atoms with Crippen LogP contribution in [0, 0.1) is 5.92 Å². The molecule has 2 atom stereocenters. The zero-order valence-electron chi connectivity index (χ0n) is 9.16. The first-order chi connectivity index (χ1) is 7.06. The van der Waals surface area contributed by atoms with E-state index in [0.29, 0.717) is 5.57 Å². The van der Waals surface area contributed by atoms with Crippen LogP contribution in [0.3, 0.4) is 0 Å². The van der Waals surface area contributed by atoms with Crippen LogP contribution in [0.5, 0.6) is 0 Å². The van der Waals surface area contributed by atoms with Gasteiger partial charge in [0, 0.05) is 12.0 Å². The van der Waals surface area contributed by atoms with Crippen LogP contribution in [-0.4, -0.2) is 17.9 Å². The summed E-state index contributed by atoms with van der Waals surface area (Å²) in [6, 6.07) is 0. The van der Waals surface area contributed by atoms with Crippen LogP contribution >= 0.6 is 0 Å². The van der Waals surface area contributed by atoms with Gasteiger partial charge in [0.15, 0.2) is 5.78 Å². The van der Waals surface area contributed by atoms with Gasteiger partial charge in [0.25, 0.3) is 0 Å². The first kappa shape index (κ1) is 11.7. The molecule has 0 saturated carbocycles. The summed E-state index contributed by atoms with van der Waals surface area (Å²) in [5, 5.41) is 0. The van der Waals surface area contributed by atoms with Crippen LogP contribution in [0.1, 0.15) is 26.7 Å². The highest BCUT2D eigenvalue weighted by Gasteiger charge is 2.29. The van der Waals surface area contributed by atoms with Gasteiger partial charge in [-0.3, -0.25) is 4.79 Å². The molecule has 1 aliphatic rings. The second-order valence-electron chi connectivity index (χ2n) is 3.74. The highest BCUT2D eigenvalue weighted by atomic mass is 16.5. The van der Waals surface area contributed by atoms with E-state index in [4.69, 9.17) is 4.74 Å². The molecule has 82 valence electrons. The van der Waals surface area contributed by atoms with Crippen molar-refractivity contribution in [3.8, 4) is 0 Å². The third-order valence-electron chi connectivity index (χ3n) is 2.57. The molecule has 0 spiro atoms. The van der Waals surface area contributed by atoms with Crippen LogP contribution in [-0.2, 0) is 14.3 Å². The molecule has 1 aliphatic heterocycles. The molecule has 0 unspecified atom stereocenters. The Labute approximate surface area is 89.8 Å². The summed E-state index contributed by atoms with van der Waals surface area (Å²) in [6.45, 7) is 7.29. The second kappa shape index (κ2) is 4.91. The predicted octanol–water partition coefficient (Wildman–Crippen LogP) is 2.03. The molecule has 0 amide bonds. The Kier molecular flexibility index (Phi) is 3.83. The molecular weight excluding hydrogens is 192 g/mol. The van der Waals surface area contributed by atoms with Gasteiger partial charge in [-0.2, -0.15) is 0 Å². The Morgan fingerprint density at radius 3 is 2.73 bits per heavy atom. The van der Waals surface area contributed by atoms with Crippen molar-refractivity contribution in [3.63, 3.8) is 0 Å². The van der Waals surface area contributed by atoms with E-state index >= 15 is 0 Å². The van der Waals surface area contributed by atoms with E-state index in [1.54, 1.807) is 6.08 Å². The van der Waals surface area contributed by atoms with Gasteiger partial charge in [0.1, 0.15) is 6.10 Å². The van der Waals surface area contributed by atoms with Crippen LogP contribution < -0.4 is 0 Å². The first-order valence-corrected chi connectivity index (χ1v) is 5.14. The molecule has 3 nitrogen and oxygen atoms in total. The summed E-state index contributed by atoms with van der Waals surface area (Å²) in [6.07, 6.45) is 4.53. The molecule has 0 bridgehead atoms. The maximum atomic E-state index is 11.2. The average molecular weight is 208 g/mol. The Balaban J connectivity index is 2.74. The van der Waals surface area contributed by atoms with E-state index < -0.39 is 0 Å². The normalized spacial score (nSPS) is 21.2. The van der Waals surface area contributed by atoms with Gasteiger partial charge in [0.2, 0.25) is 0 Å². The van der Waals surface area contributed by atoms with Gasteiger partial charge in [-0.15, -0.1) is 0 Å². The van der Waals surface area contributed by atoms with E-state index in [-0.39, 0.29) is 23.8 Å². The number of esters is 1. The molecule has 0 N–H and O–H groups in total. The number of ether oxygens (including phenoxy) is 1. The summed E-state index contributed by atoms with van der Waals surface area (Å²) in [5.74, 6) is -0.447. The summed E-state index contributed by atoms with van der Waals surface area (Å²) >= 11 is 0. The van der Waals surface area contributed by atoms with Crippen molar-refractivity contribution in [3.05, 3.63) is 24.3 Å². The topological polar surface area (TPSA) is 43.4 Å². The van der Waals surface area contributed by atoms with Crippen molar-refractivity contribution in [2.24, 2.45) is 5.92 Å². The van der Waals surface area contributed by atoms with Crippen molar-refractivity contribution in [1.82, 2.24) is 0 Å². The fourth-order valence-corrected chi connectivity index (χ4v) is 1.71. The Morgan fingerprint density at radius 2 is 2.33 bits per heavy atom. The molecule has 0 fully saturated rings. The van der Waals surface area contributed by atoms with Crippen molar-refractivity contribution < 1.29 is 14.3 Å². The van der Waals surface area contributed by atoms with E-state index in [1.165, 1.54) is 13.0 Å². The standard InChI is InChI=1S/C12H16O3/c1-4-5-10(8(2)9(3)13)11-6-7-12(14)15-11/h6-7,10-11H,2,4-5H2,1,3H3/t10-,11+/m1/s1. The predicted molar refractivity (Wildman–Crippen MR) is 57.2 cm³/mol. The van der Waals surface area contributed by atoms with Gasteiger partial charge in [-0.05, 0) is 25.0 Å². The highest BCUT2D eigenvalue weighted by molar-refractivity contribution is 5.93. The lowest BCUT2D eigenvalue weighted by Crippen LogP contribution is -2.24. The van der Waals surface area contributed by atoms with Crippen molar-refractivity contribution in [2.45, 2.75) is 32.8 Å². The van der Waals surface area contributed by atoms with Gasteiger partial charge < -0.3 is 4.74 Å². The molecule has 0 aliphatic carbocycles. The second-order valence-corrected chi connectivity index (χ2v) is 3.74. The smallest absolute Gasteiger partial charge is 0.331 e. The molecular formula is C12H16O3. The molecule has 0 radical (unpaired) electrons. The Bertz CT molecular complexity index is 315. The van der Waals surface area contributed by atoms with Crippen LogP contribution in [0.4, 0.5) is 0 Å². The molecule has 0 saturated heterocycles. The van der Waals surface area contributed by atoms with Crippen LogP contribution in [0.2, 0.25) is 0 Å². The van der Waals surface area contributed by atoms with E-state index in [9.17, 15) is 9.59 Å². The number of carbonyl (C=O) groups excluding carboxylic acids is 2. The summed E-state index contributed by atoms with van der Waals surface area (Å²) in [5.41, 5.74) is 0.543. The first-order valence-electron chi connectivity index (χ1n) is 5.14. The lowest BCUT2D eigenvalue weighted by Gasteiger charge is -2.21. The number of carbonyl (C=O) groups is 2. The molecule has 15 heavy (non-hydrogen) atoms. The molecule has 0 aromatic heterocycles. The van der Waals surface area contributed by atoms with Crippen LogP contribution in [0.15, 0.2) is 24.3 Å². The fourth-order valence-electron chi connectivity index (χ4n) is 1.71. The zero-order valence-corrected chi connectivity index (χ0v) is 9.16. The maximum Gasteiger partial charge on any atom is 0.331 e. The van der Waals surface area contributed by atoms with Gasteiger partial charge in [0.05, 0.1) is 0 Å². The third-order valence-corrected chi connectivity index (χ3v) is 2.57. The quantitative estimate of drug-likeness (QED) is 0.513. The minimum atomic E-state index is -0.336. The van der Waals surface area contributed by atoms with Crippen molar-refractivity contribution >= 4 is 11.8 Å². The number of ketones is 1. The monoisotopic (exact) mass is 208 g/mol. The average Bonchev–Trinajstić information content (AvgIpc) is 2.60. The van der Waals surface area contributed by atoms with Crippen molar-refractivity contribution in [2.75, 3.05) is 0 Å². The SMILES string of the molecule is C=C(C(C)=O)[C@@H](CCC)[C@@H]1C=CC(=O)O1. The van der Waals surface area contributed by atoms with E-state index in [1.807, 2.05) is 6.92 Å². The van der Waals surface area contributed by atoms with Crippen molar-refractivity contribution in [1.29, 1.82) is 0 Å². The third kappa shape index (κ3) is 2.78. The van der Waals surface area contributed by atoms with Gasteiger partial charge >= 0.3 is 5.97 Å². The minimum absolute atomic E-state index is 0.0372. The van der Waals surface area contributed by atoms with E-state index in [2.05, 4.69) is 6.58 Å². The summed E-state index contributed by atoms with van der Waals surface area (Å²) in [4.78, 5) is 22.2. The van der Waals surface area contributed by atoms with Gasteiger partial charge in [-0.1, -0.05) is 19.9 Å². The highest BCUT2D eigenvalue weighted by Crippen LogP contribution is 2.26. The number of hydrogen-bond acceptors (Lipinski definition) is 3. The molecule has 0 aromatic carbocycles. The minimum Gasteiger partial charge on any atom is -0.454 e. The summed E-state index contributed by atoms with van der Waals surface area (Å²) < 4.78 is 5.08. The molecule has 1 heterocycles. The largest absolute Gasteiger partial charge is 0.454 e. The Morgan fingerprint density at radius 1 is 1.67 bits per heavy atom.